The highest BCUT2D eigenvalue weighted by molar-refractivity contribution is 9.11. The van der Waals surface area contributed by atoms with Crippen LogP contribution < -0.4 is 5.32 Å². The van der Waals surface area contributed by atoms with Crippen LogP contribution in [0, 0.1) is 0 Å². The molecule has 2 aromatic rings. The summed E-state index contributed by atoms with van der Waals surface area (Å²) in [5.41, 5.74) is 0.951. The number of rotatable bonds is 1. The van der Waals surface area contributed by atoms with Gasteiger partial charge in [0.1, 0.15) is 5.82 Å². The Labute approximate surface area is 130 Å². The summed E-state index contributed by atoms with van der Waals surface area (Å²) in [6.45, 7) is 6.24. The summed E-state index contributed by atoms with van der Waals surface area (Å²) in [6.07, 6.45) is 2.37. The Kier molecular flexibility index (Phi) is 3.25. The van der Waals surface area contributed by atoms with E-state index in [9.17, 15) is 4.79 Å². The lowest BCUT2D eigenvalue weighted by Gasteiger charge is -2.27. The molecule has 2 aromatic heterocycles. The number of thiophene rings is 1. The van der Waals surface area contributed by atoms with Crippen molar-refractivity contribution in [2.75, 3.05) is 5.32 Å². The number of nitrogens with one attached hydrogen (secondary N) is 1. The molecule has 0 aliphatic carbocycles. The molecule has 0 unspecified atom stereocenters. The molecule has 0 bridgehead atoms. The Balaban J connectivity index is 2.10. The first-order valence-corrected chi connectivity index (χ1v) is 8.10. The molecule has 1 atom stereocenters. The summed E-state index contributed by atoms with van der Waals surface area (Å²) in [7, 11) is 0. The number of nitrogens with zero attached hydrogens (tertiary/aromatic N) is 2. The van der Waals surface area contributed by atoms with Gasteiger partial charge in [-0.25, -0.2) is 4.68 Å². The predicted molar refractivity (Wildman–Crippen MR) is 84.3 cm³/mol. The largest absolute Gasteiger partial charge is 0.311 e. The van der Waals surface area contributed by atoms with Gasteiger partial charge in [0.15, 0.2) is 0 Å². The van der Waals surface area contributed by atoms with Crippen LogP contribution in [0.1, 0.15) is 43.6 Å². The third kappa shape index (κ3) is 2.31. The fourth-order valence-electron chi connectivity index (χ4n) is 2.50. The molecule has 0 saturated carbocycles. The van der Waals surface area contributed by atoms with Crippen LogP contribution in [0.2, 0.25) is 0 Å². The second kappa shape index (κ2) is 4.70. The van der Waals surface area contributed by atoms with Crippen LogP contribution in [-0.4, -0.2) is 15.7 Å². The van der Waals surface area contributed by atoms with Crippen molar-refractivity contribution in [3.05, 3.63) is 32.6 Å². The van der Waals surface area contributed by atoms with E-state index in [1.54, 1.807) is 11.3 Å². The lowest BCUT2D eigenvalue weighted by atomic mass is 9.92. The normalized spacial score (nSPS) is 18.8. The second-order valence-electron chi connectivity index (χ2n) is 5.98. The number of aromatic nitrogens is 2. The van der Waals surface area contributed by atoms with Gasteiger partial charge in [-0.2, -0.15) is 5.10 Å². The minimum absolute atomic E-state index is 0.0537. The van der Waals surface area contributed by atoms with E-state index in [-0.39, 0.29) is 17.4 Å². The predicted octanol–water partition coefficient (Wildman–Crippen LogP) is 3.94. The summed E-state index contributed by atoms with van der Waals surface area (Å²) < 4.78 is 2.98. The van der Waals surface area contributed by atoms with Gasteiger partial charge in [0.25, 0.3) is 0 Å². The minimum atomic E-state index is -0.154. The van der Waals surface area contributed by atoms with Crippen molar-refractivity contribution in [1.29, 1.82) is 0 Å². The van der Waals surface area contributed by atoms with Crippen molar-refractivity contribution in [3.8, 4) is 0 Å². The third-order valence-electron chi connectivity index (χ3n) is 3.39. The fraction of sp³-hybridized carbons (Fsp3) is 0.429. The quantitative estimate of drug-likeness (QED) is 0.843. The molecule has 0 radical (unpaired) electrons. The van der Waals surface area contributed by atoms with Gasteiger partial charge in [0.2, 0.25) is 5.91 Å². The summed E-state index contributed by atoms with van der Waals surface area (Å²) in [5, 5.41) is 7.46. The van der Waals surface area contributed by atoms with E-state index in [0.29, 0.717) is 6.42 Å². The topological polar surface area (TPSA) is 46.9 Å². The third-order valence-corrected chi connectivity index (χ3v) is 5.13. The van der Waals surface area contributed by atoms with Crippen LogP contribution >= 0.6 is 27.3 Å². The molecular formula is C14H16BrN3OS. The number of fused-ring (bicyclic) bond motifs is 1. The number of hydrogen-bond donors (Lipinski definition) is 1. The van der Waals surface area contributed by atoms with Crippen LogP contribution in [0.25, 0.3) is 0 Å². The van der Waals surface area contributed by atoms with Gasteiger partial charge in [0.05, 0.1) is 15.5 Å². The molecule has 0 saturated heterocycles. The molecule has 106 valence electrons. The Morgan fingerprint density at radius 3 is 2.80 bits per heavy atom. The van der Waals surface area contributed by atoms with Crippen LogP contribution in [0.4, 0.5) is 5.82 Å². The Hall–Kier alpha value is -1.14. The Morgan fingerprint density at radius 2 is 2.20 bits per heavy atom. The Bertz CT molecular complexity index is 668. The van der Waals surface area contributed by atoms with Gasteiger partial charge < -0.3 is 5.32 Å². The van der Waals surface area contributed by atoms with E-state index in [1.807, 2.05) is 16.9 Å². The van der Waals surface area contributed by atoms with Gasteiger partial charge in [-0.15, -0.1) is 11.3 Å². The number of anilines is 1. The van der Waals surface area contributed by atoms with Crippen LogP contribution in [0.5, 0.6) is 0 Å². The van der Waals surface area contributed by atoms with E-state index in [0.717, 1.165) is 15.2 Å². The lowest BCUT2D eigenvalue weighted by Crippen LogP contribution is -2.30. The first-order chi connectivity index (χ1) is 9.36. The molecule has 0 fully saturated rings. The highest BCUT2D eigenvalue weighted by Crippen LogP contribution is 2.41. The summed E-state index contributed by atoms with van der Waals surface area (Å²) in [5.74, 6) is 0.993. The van der Waals surface area contributed by atoms with Gasteiger partial charge in [-0.3, -0.25) is 4.79 Å². The van der Waals surface area contributed by atoms with Crippen LogP contribution in [0.3, 0.4) is 0 Å². The fourth-order valence-corrected chi connectivity index (χ4v) is 4.04. The standard InChI is InChI=1S/C14H16BrN3OS/c1-14(2,3)18-13-9(7-16-18)8(6-12(19)17-13)10-4-5-11(15)20-10/h4-5,7-8H,6H2,1-3H3,(H,17,19)/t8-/m1/s1. The number of hydrogen-bond acceptors (Lipinski definition) is 3. The molecular weight excluding hydrogens is 338 g/mol. The van der Waals surface area contributed by atoms with E-state index in [1.165, 1.54) is 4.88 Å². The molecule has 1 amide bonds. The molecule has 0 aromatic carbocycles. The van der Waals surface area contributed by atoms with Crippen molar-refractivity contribution in [3.63, 3.8) is 0 Å². The smallest absolute Gasteiger partial charge is 0.226 e. The van der Waals surface area contributed by atoms with Gasteiger partial charge in [-0.1, -0.05) is 0 Å². The molecule has 1 aliphatic heterocycles. The minimum Gasteiger partial charge on any atom is -0.311 e. The monoisotopic (exact) mass is 353 g/mol. The zero-order valence-electron chi connectivity index (χ0n) is 11.6. The maximum absolute atomic E-state index is 12.0. The summed E-state index contributed by atoms with van der Waals surface area (Å²) in [4.78, 5) is 13.2. The van der Waals surface area contributed by atoms with Crippen molar-refractivity contribution in [1.82, 2.24) is 9.78 Å². The van der Waals surface area contributed by atoms with Crippen LogP contribution in [-0.2, 0) is 10.3 Å². The molecule has 3 heterocycles. The maximum Gasteiger partial charge on any atom is 0.226 e. The van der Waals surface area contributed by atoms with Crippen molar-refractivity contribution in [2.45, 2.75) is 38.6 Å². The van der Waals surface area contributed by atoms with Crippen LogP contribution in [0.15, 0.2) is 22.1 Å². The zero-order valence-corrected chi connectivity index (χ0v) is 14.0. The number of amides is 1. The SMILES string of the molecule is CC(C)(C)n1ncc2c1NC(=O)C[C@H]2c1ccc(Br)s1. The molecule has 0 spiro atoms. The van der Waals surface area contributed by atoms with E-state index in [2.05, 4.69) is 53.2 Å². The number of carbonyl (C=O) groups excluding carboxylic acids is 1. The highest BCUT2D eigenvalue weighted by Gasteiger charge is 2.33. The highest BCUT2D eigenvalue weighted by atomic mass is 79.9. The Morgan fingerprint density at radius 1 is 1.45 bits per heavy atom. The van der Waals surface area contributed by atoms with Crippen molar-refractivity contribution < 1.29 is 4.79 Å². The second-order valence-corrected chi connectivity index (χ2v) is 8.47. The lowest BCUT2D eigenvalue weighted by molar-refractivity contribution is -0.116. The first kappa shape index (κ1) is 13.8. The van der Waals surface area contributed by atoms with Gasteiger partial charge >= 0.3 is 0 Å². The van der Waals surface area contributed by atoms with E-state index >= 15 is 0 Å². The summed E-state index contributed by atoms with van der Waals surface area (Å²) >= 11 is 5.16. The molecule has 1 N–H and O–H groups in total. The molecule has 4 nitrogen and oxygen atoms in total. The first-order valence-electron chi connectivity index (χ1n) is 6.50. The molecule has 3 rings (SSSR count). The molecule has 6 heteroatoms. The van der Waals surface area contributed by atoms with Gasteiger partial charge in [0, 0.05) is 22.8 Å². The van der Waals surface area contributed by atoms with E-state index < -0.39 is 0 Å². The number of halogens is 1. The van der Waals surface area contributed by atoms with E-state index in [4.69, 9.17) is 0 Å². The molecule has 1 aliphatic rings. The zero-order chi connectivity index (χ0) is 14.5. The maximum atomic E-state index is 12.0. The number of carbonyl (C=O) groups is 1. The summed E-state index contributed by atoms with van der Waals surface area (Å²) in [6, 6.07) is 4.11. The average Bonchev–Trinajstić information content (AvgIpc) is 2.93. The molecule has 20 heavy (non-hydrogen) atoms. The average molecular weight is 354 g/mol. The van der Waals surface area contributed by atoms with Crippen molar-refractivity contribution in [2.24, 2.45) is 0 Å². The van der Waals surface area contributed by atoms with Gasteiger partial charge in [-0.05, 0) is 48.8 Å². The van der Waals surface area contributed by atoms with Crippen molar-refractivity contribution >= 4 is 39.0 Å².